The SMILES string of the molecule is CCC(C)NC(=O)C(CC)N(Cc1ccc(OC)cc1)C(=O)CN(c1ccc(C23CC4CC(CC(C4)C2)C3)cc1)S(C)(=O)=O. The summed E-state index contributed by atoms with van der Waals surface area (Å²) in [7, 11) is -2.20. The first kappa shape index (κ1) is 32.3. The van der Waals surface area contributed by atoms with Crippen molar-refractivity contribution in [2.45, 2.75) is 96.2 Å². The van der Waals surface area contributed by atoms with Gasteiger partial charge < -0.3 is 15.0 Å². The van der Waals surface area contributed by atoms with E-state index in [1.54, 1.807) is 7.11 Å². The Bertz CT molecular complexity index is 1390. The third kappa shape index (κ3) is 6.93. The molecule has 44 heavy (non-hydrogen) atoms. The molecule has 0 heterocycles. The van der Waals surface area contributed by atoms with E-state index in [1.807, 2.05) is 57.2 Å². The van der Waals surface area contributed by atoms with Crippen LogP contribution in [0.4, 0.5) is 5.69 Å². The van der Waals surface area contributed by atoms with Crippen molar-refractivity contribution < 1.29 is 22.7 Å². The average molecular weight is 624 g/mol. The highest BCUT2D eigenvalue weighted by molar-refractivity contribution is 7.92. The maximum absolute atomic E-state index is 14.1. The summed E-state index contributed by atoms with van der Waals surface area (Å²) in [6.07, 6.45) is 10.1. The summed E-state index contributed by atoms with van der Waals surface area (Å²) in [6.45, 7) is 5.56. The number of hydrogen-bond acceptors (Lipinski definition) is 5. The highest BCUT2D eigenvalue weighted by Crippen LogP contribution is 2.60. The van der Waals surface area contributed by atoms with E-state index in [-0.39, 0.29) is 23.9 Å². The van der Waals surface area contributed by atoms with Gasteiger partial charge in [0.2, 0.25) is 21.8 Å². The number of anilines is 1. The van der Waals surface area contributed by atoms with E-state index in [0.29, 0.717) is 17.9 Å². The molecule has 2 aromatic carbocycles. The molecule has 0 aromatic heterocycles. The van der Waals surface area contributed by atoms with E-state index in [1.165, 1.54) is 53.3 Å². The Kier molecular flexibility index (Phi) is 9.64. The monoisotopic (exact) mass is 623 g/mol. The lowest BCUT2D eigenvalue weighted by Gasteiger charge is -2.57. The molecule has 4 saturated carbocycles. The number of carbonyl (C=O) groups excluding carboxylic acids is 2. The molecule has 0 saturated heterocycles. The summed E-state index contributed by atoms with van der Waals surface area (Å²) >= 11 is 0. The van der Waals surface area contributed by atoms with E-state index in [4.69, 9.17) is 4.74 Å². The minimum Gasteiger partial charge on any atom is -0.497 e. The Morgan fingerprint density at radius 2 is 1.50 bits per heavy atom. The van der Waals surface area contributed by atoms with Crippen LogP contribution >= 0.6 is 0 Å². The number of ether oxygens (including phenoxy) is 1. The molecule has 240 valence electrons. The quantitative estimate of drug-likeness (QED) is 0.311. The van der Waals surface area contributed by atoms with E-state index in [2.05, 4.69) is 17.4 Å². The van der Waals surface area contributed by atoms with Crippen molar-refractivity contribution in [2.24, 2.45) is 17.8 Å². The molecule has 8 nitrogen and oxygen atoms in total. The average Bonchev–Trinajstić information content (AvgIpc) is 2.98. The van der Waals surface area contributed by atoms with Gasteiger partial charge >= 0.3 is 0 Å². The molecular weight excluding hydrogens is 574 g/mol. The summed E-state index contributed by atoms with van der Waals surface area (Å²) in [5.74, 6) is 2.45. The summed E-state index contributed by atoms with van der Waals surface area (Å²) in [5.41, 5.74) is 2.79. The Balaban J connectivity index is 1.40. The number of nitrogens with one attached hydrogen (secondary N) is 1. The first-order valence-electron chi connectivity index (χ1n) is 16.3. The molecule has 2 amide bonds. The fourth-order valence-electron chi connectivity index (χ4n) is 8.35. The van der Waals surface area contributed by atoms with Gasteiger partial charge in [0.15, 0.2) is 0 Å². The Hall–Kier alpha value is -3.07. The molecule has 1 N–H and O–H groups in total. The summed E-state index contributed by atoms with van der Waals surface area (Å²) < 4.78 is 32.8. The zero-order chi connectivity index (χ0) is 31.6. The lowest BCUT2D eigenvalue weighted by molar-refractivity contribution is -0.140. The predicted molar refractivity (Wildman–Crippen MR) is 174 cm³/mol. The van der Waals surface area contributed by atoms with Gasteiger partial charge in [-0.1, -0.05) is 38.1 Å². The topological polar surface area (TPSA) is 96.0 Å². The van der Waals surface area contributed by atoms with Crippen molar-refractivity contribution in [3.8, 4) is 5.75 Å². The maximum Gasteiger partial charge on any atom is 0.244 e. The van der Waals surface area contributed by atoms with Crippen LogP contribution in [0.2, 0.25) is 0 Å². The highest BCUT2D eigenvalue weighted by Gasteiger charge is 2.51. The number of methoxy groups -OCH3 is 1. The van der Waals surface area contributed by atoms with Gasteiger partial charge in [-0.05, 0) is 117 Å². The van der Waals surface area contributed by atoms with Crippen LogP contribution in [-0.4, -0.2) is 57.1 Å². The Morgan fingerprint density at radius 1 is 0.932 bits per heavy atom. The summed E-state index contributed by atoms with van der Waals surface area (Å²) in [6, 6.07) is 14.5. The van der Waals surface area contributed by atoms with Crippen molar-refractivity contribution in [3.63, 3.8) is 0 Å². The minimum absolute atomic E-state index is 0.0468. The van der Waals surface area contributed by atoms with Crippen molar-refractivity contribution in [2.75, 3.05) is 24.2 Å². The summed E-state index contributed by atoms with van der Waals surface area (Å²) in [5, 5.41) is 3.01. The smallest absolute Gasteiger partial charge is 0.244 e. The molecule has 0 aliphatic heterocycles. The van der Waals surface area contributed by atoms with Gasteiger partial charge in [-0.15, -0.1) is 0 Å². The van der Waals surface area contributed by atoms with Crippen LogP contribution in [0.5, 0.6) is 5.75 Å². The number of carbonyl (C=O) groups is 2. The fraction of sp³-hybridized carbons (Fsp3) is 0.600. The molecule has 4 fully saturated rings. The lowest BCUT2D eigenvalue weighted by atomic mass is 9.48. The van der Waals surface area contributed by atoms with Crippen LogP contribution in [0.1, 0.15) is 83.3 Å². The van der Waals surface area contributed by atoms with Gasteiger partial charge in [-0.2, -0.15) is 0 Å². The third-order valence-corrected chi connectivity index (χ3v) is 11.5. The van der Waals surface area contributed by atoms with Gasteiger partial charge in [-0.3, -0.25) is 13.9 Å². The number of nitrogens with zero attached hydrogens (tertiary/aromatic N) is 2. The molecule has 6 rings (SSSR count). The van der Waals surface area contributed by atoms with Gasteiger partial charge in [0.1, 0.15) is 18.3 Å². The zero-order valence-electron chi connectivity index (χ0n) is 26.9. The number of hydrogen-bond donors (Lipinski definition) is 1. The largest absolute Gasteiger partial charge is 0.497 e. The fourth-order valence-corrected chi connectivity index (χ4v) is 9.20. The van der Waals surface area contributed by atoms with Crippen LogP contribution in [-0.2, 0) is 31.6 Å². The number of rotatable bonds is 13. The van der Waals surface area contributed by atoms with Gasteiger partial charge in [0.25, 0.3) is 0 Å². The number of benzene rings is 2. The molecule has 0 radical (unpaired) electrons. The van der Waals surface area contributed by atoms with Gasteiger partial charge in [-0.25, -0.2) is 8.42 Å². The number of sulfonamides is 1. The molecule has 4 aliphatic carbocycles. The first-order chi connectivity index (χ1) is 20.9. The number of amides is 2. The first-order valence-corrected chi connectivity index (χ1v) is 18.1. The molecule has 4 bridgehead atoms. The second-order valence-corrected chi connectivity index (χ2v) is 15.5. The Morgan fingerprint density at radius 3 is 1.98 bits per heavy atom. The van der Waals surface area contributed by atoms with E-state index >= 15 is 0 Å². The van der Waals surface area contributed by atoms with Crippen LogP contribution in [0, 0.1) is 17.8 Å². The minimum atomic E-state index is -3.79. The Labute approximate surface area is 263 Å². The standard InChI is InChI=1S/C35H49N3O5S/c1-6-24(3)36-34(40)32(7-2)37(22-25-8-14-31(43-4)15-9-25)33(39)23-38(44(5,41)42)30-12-10-29(11-13-30)35-19-26-16-27(20-35)18-28(17-26)21-35/h8-15,24,26-28,32H,6-7,16-23H2,1-5H3,(H,36,40). The molecular formula is C35H49N3O5S. The van der Waals surface area contributed by atoms with Crippen LogP contribution in [0.3, 0.4) is 0 Å². The van der Waals surface area contributed by atoms with Crippen LogP contribution < -0.4 is 14.4 Å². The maximum atomic E-state index is 14.1. The highest BCUT2D eigenvalue weighted by atomic mass is 32.2. The molecule has 2 atom stereocenters. The van der Waals surface area contributed by atoms with Gasteiger partial charge in [0, 0.05) is 12.6 Å². The normalized spacial score (nSPS) is 25.2. The molecule has 0 spiro atoms. The van der Waals surface area contributed by atoms with Crippen molar-refractivity contribution in [1.29, 1.82) is 0 Å². The molecule has 4 aliphatic rings. The second kappa shape index (κ2) is 13.1. The van der Waals surface area contributed by atoms with Crippen molar-refractivity contribution in [1.82, 2.24) is 10.2 Å². The predicted octanol–water partition coefficient (Wildman–Crippen LogP) is 5.65. The second-order valence-electron chi connectivity index (χ2n) is 13.6. The van der Waals surface area contributed by atoms with Crippen LogP contribution in [0.25, 0.3) is 0 Å². The van der Waals surface area contributed by atoms with Gasteiger partial charge in [0.05, 0.1) is 19.1 Å². The zero-order valence-corrected chi connectivity index (χ0v) is 27.7. The molecule has 2 aromatic rings. The van der Waals surface area contributed by atoms with Crippen LogP contribution in [0.15, 0.2) is 48.5 Å². The lowest BCUT2D eigenvalue weighted by Crippen LogP contribution is -2.53. The van der Waals surface area contributed by atoms with Crippen molar-refractivity contribution in [3.05, 3.63) is 59.7 Å². The molecule has 9 heteroatoms. The van der Waals surface area contributed by atoms with E-state index < -0.39 is 28.5 Å². The third-order valence-electron chi connectivity index (χ3n) is 10.4. The van der Waals surface area contributed by atoms with E-state index in [9.17, 15) is 18.0 Å². The van der Waals surface area contributed by atoms with Crippen molar-refractivity contribution >= 4 is 27.5 Å². The summed E-state index contributed by atoms with van der Waals surface area (Å²) in [4.78, 5) is 29.0. The van der Waals surface area contributed by atoms with E-state index in [0.717, 1.165) is 36.0 Å². The molecule has 2 unspecified atom stereocenters.